The van der Waals surface area contributed by atoms with Gasteiger partial charge in [-0.2, -0.15) is 4.57 Å². The third kappa shape index (κ3) is 2.87. The van der Waals surface area contributed by atoms with E-state index in [1.54, 1.807) is 13.8 Å². The summed E-state index contributed by atoms with van der Waals surface area (Å²) in [7, 11) is 2.11. The van der Waals surface area contributed by atoms with E-state index in [-0.39, 0.29) is 0 Å². The van der Waals surface area contributed by atoms with E-state index >= 15 is 0 Å². The lowest BCUT2D eigenvalue weighted by molar-refractivity contribution is -0.617. The van der Waals surface area contributed by atoms with Crippen LogP contribution in [-0.4, -0.2) is 5.60 Å². The second kappa shape index (κ2) is 6.22. The van der Waals surface area contributed by atoms with Crippen LogP contribution in [0.1, 0.15) is 19.4 Å². The van der Waals surface area contributed by atoms with E-state index in [0.29, 0.717) is 6.42 Å². The molecule has 26 heavy (non-hydrogen) atoms. The molecule has 0 aliphatic heterocycles. The topological polar surface area (TPSA) is 26.9 Å². The summed E-state index contributed by atoms with van der Waals surface area (Å²) in [5.41, 5.74) is 4.87. The van der Waals surface area contributed by atoms with Gasteiger partial charge in [0.05, 0.1) is 10.8 Å². The van der Waals surface area contributed by atoms with Crippen molar-refractivity contribution in [2.24, 2.45) is 7.05 Å². The number of rotatable bonds is 3. The maximum atomic E-state index is 12.4. The quantitative estimate of drug-likeness (QED) is 0.406. The van der Waals surface area contributed by atoms with Crippen LogP contribution in [0.4, 0.5) is 0 Å². The molecule has 0 fully saturated rings. The minimum Gasteiger partial charge on any atom is -0.850 e. The van der Waals surface area contributed by atoms with Crippen LogP contribution in [0.25, 0.3) is 32.9 Å². The molecule has 0 atom stereocenters. The summed E-state index contributed by atoms with van der Waals surface area (Å²) < 4.78 is 2.24. The Kier molecular flexibility index (Phi) is 4.01. The van der Waals surface area contributed by atoms with E-state index in [9.17, 15) is 5.11 Å². The number of benzene rings is 3. The predicted molar refractivity (Wildman–Crippen MR) is 106 cm³/mol. The molecule has 4 aromatic rings. The number of hydrogen-bond acceptors (Lipinski definition) is 1. The molecule has 0 saturated heterocycles. The molecule has 3 aromatic carbocycles. The Labute approximate surface area is 154 Å². The molecule has 1 aromatic heterocycles. The van der Waals surface area contributed by atoms with E-state index in [0.717, 1.165) is 11.1 Å². The number of aromatic nitrogens is 1. The van der Waals surface area contributed by atoms with Crippen molar-refractivity contribution < 1.29 is 9.67 Å². The summed E-state index contributed by atoms with van der Waals surface area (Å²) in [4.78, 5) is 0. The van der Waals surface area contributed by atoms with E-state index < -0.39 is 5.60 Å². The minimum atomic E-state index is -0.999. The lowest BCUT2D eigenvalue weighted by Gasteiger charge is -2.32. The van der Waals surface area contributed by atoms with Gasteiger partial charge in [-0.25, -0.2) is 0 Å². The van der Waals surface area contributed by atoms with Crippen LogP contribution in [-0.2, 0) is 13.5 Å². The zero-order valence-corrected chi connectivity index (χ0v) is 15.5. The summed E-state index contributed by atoms with van der Waals surface area (Å²) in [5.74, 6) is 0. The molecule has 130 valence electrons. The molecule has 0 aliphatic rings. The van der Waals surface area contributed by atoms with Gasteiger partial charge in [-0.15, -0.1) is 5.60 Å². The number of aryl methyl sites for hydroxylation is 1. The van der Waals surface area contributed by atoms with Crippen LogP contribution in [0.3, 0.4) is 0 Å². The van der Waals surface area contributed by atoms with Crippen LogP contribution in [0, 0.1) is 0 Å². The fourth-order valence-corrected chi connectivity index (χ4v) is 3.90. The fraction of sp³-hybridized carbons (Fsp3) is 0.208. The van der Waals surface area contributed by atoms with Gasteiger partial charge in [0.1, 0.15) is 7.05 Å². The SMILES string of the molecule is C[n+]1c2ccccc2c(-c2ccccc2CC(C)(C)[O-])c2ccccc21. The maximum Gasteiger partial charge on any atom is 0.213 e. The summed E-state index contributed by atoms with van der Waals surface area (Å²) in [6.45, 7) is 3.51. The molecular formula is C24H23NO. The van der Waals surface area contributed by atoms with Gasteiger partial charge in [-0.3, -0.25) is 0 Å². The predicted octanol–water partition coefficient (Wildman–Crippen LogP) is 4.17. The molecule has 0 amide bonds. The first-order valence-electron chi connectivity index (χ1n) is 9.04. The molecule has 0 N–H and O–H groups in total. The molecule has 0 radical (unpaired) electrons. The van der Waals surface area contributed by atoms with E-state index in [2.05, 4.69) is 78.3 Å². The van der Waals surface area contributed by atoms with Crippen molar-refractivity contribution in [1.82, 2.24) is 0 Å². The highest BCUT2D eigenvalue weighted by atomic mass is 16.3. The Morgan fingerprint density at radius 1 is 0.769 bits per heavy atom. The van der Waals surface area contributed by atoms with Crippen LogP contribution in [0.15, 0.2) is 72.8 Å². The number of hydrogen-bond donors (Lipinski definition) is 0. The molecule has 1 heterocycles. The summed E-state index contributed by atoms with van der Waals surface area (Å²) in [6.07, 6.45) is 0.507. The Balaban J connectivity index is 2.14. The first kappa shape index (κ1) is 16.7. The molecule has 0 saturated carbocycles. The van der Waals surface area contributed by atoms with Crippen molar-refractivity contribution in [3.63, 3.8) is 0 Å². The molecule has 2 nitrogen and oxygen atoms in total. The van der Waals surface area contributed by atoms with Crippen molar-refractivity contribution in [2.45, 2.75) is 25.9 Å². The summed E-state index contributed by atoms with van der Waals surface area (Å²) >= 11 is 0. The van der Waals surface area contributed by atoms with Gasteiger partial charge < -0.3 is 5.11 Å². The highest BCUT2D eigenvalue weighted by molar-refractivity contribution is 6.07. The van der Waals surface area contributed by atoms with Crippen LogP contribution < -0.4 is 9.67 Å². The van der Waals surface area contributed by atoms with Crippen molar-refractivity contribution in [3.05, 3.63) is 78.4 Å². The molecular weight excluding hydrogens is 318 g/mol. The lowest BCUT2D eigenvalue weighted by Crippen LogP contribution is -2.39. The third-order valence-electron chi connectivity index (χ3n) is 4.97. The van der Waals surface area contributed by atoms with Gasteiger partial charge in [0.2, 0.25) is 11.0 Å². The monoisotopic (exact) mass is 341 g/mol. The molecule has 4 rings (SSSR count). The van der Waals surface area contributed by atoms with Crippen molar-refractivity contribution in [1.29, 1.82) is 0 Å². The molecule has 0 bridgehead atoms. The average molecular weight is 341 g/mol. The first-order valence-corrected chi connectivity index (χ1v) is 9.04. The number of fused-ring (bicyclic) bond motifs is 2. The second-order valence-electron chi connectivity index (χ2n) is 7.56. The molecule has 0 spiro atoms. The van der Waals surface area contributed by atoms with Gasteiger partial charge in [0.15, 0.2) is 0 Å². The number of nitrogens with zero attached hydrogens (tertiary/aromatic N) is 1. The Bertz CT molecular complexity index is 1050. The van der Waals surface area contributed by atoms with Crippen molar-refractivity contribution in [2.75, 3.05) is 0 Å². The normalized spacial score (nSPS) is 12.0. The number of pyridine rings is 1. The molecule has 0 unspecified atom stereocenters. The standard InChI is InChI=1S/C24H23NO/c1-24(2,26)16-17-10-4-5-11-18(17)23-19-12-6-8-14-21(19)25(3)22-15-9-7-13-20(22)23/h4-15H,16H2,1-3H3. The first-order chi connectivity index (χ1) is 12.5. The zero-order chi connectivity index (χ0) is 18.3. The zero-order valence-electron chi connectivity index (χ0n) is 15.5. The fourth-order valence-electron chi connectivity index (χ4n) is 3.90. The van der Waals surface area contributed by atoms with E-state index in [1.807, 2.05) is 6.07 Å². The summed E-state index contributed by atoms with van der Waals surface area (Å²) in [5, 5.41) is 14.9. The van der Waals surface area contributed by atoms with Gasteiger partial charge >= 0.3 is 0 Å². The Hall–Kier alpha value is -2.71. The van der Waals surface area contributed by atoms with Crippen molar-refractivity contribution >= 4 is 21.8 Å². The smallest absolute Gasteiger partial charge is 0.213 e. The van der Waals surface area contributed by atoms with Gasteiger partial charge in [0.25, 0.3) is 0 Å². The van der Waals surface area contributed by atoms with Gasteiger partial charge in [0, 0.05) is 17.7 Å². The van der Waals surface area contributed by atoms with E-state index in [1.165, 1.54) is 27.4 Å². The van der Waals surface area contributed by atoms with Crippen LogP contribution in [0.2, 0.25) is 0 Å². The largest absolute Gasteiger partial charge is 0.850 e. The molecule has 0 aliphatic carbocycles. The van der Waals surface area contributed by atoms with Crippen LogP contribution >= 0.6 is 0 Å². The highest BCUT2D eigenvalue weighted by Gasteiger charge is 2.20. The molecule has 2 heteroatoms. The second-order valence-corrected chi connectivity index (χ2v) is 7.56. The Morgan fingerprint density at radius 3 is 1.85 bits per heavy atom. The Morgan fingerprint density at radius 2 is 1.27 bits per heavy atom. The highest BCUT2D eigenvalue weighted by Crippen LogP contribution is 2.36. The van der Waals surface area contributed by atoms with Gasteiger partial charge in [-0.1, -0.05) is 62.4 Å². The van der Waals surface area contributed by atoms with Gasteiger partial charge in [-0.05, 0) is 29.7 Å². The van der Waals surface area contributed by atoms with Crippen molar-refractivity contribution in [3.8, 4) is 11.1 Å². The maximum absolute atomic E-state index is 12.4. The lowest BCUT2D eigenvalue weighted by atomic mass is 9.88. The van der Waals surface area contributed by atoms with Crippen LogP contribution in [0.5, 0.6) is 0 Å². The average Bonchev–Trinajstić information content (AvgIpc) is 2.62. The number of para-hydroxylation sites is 2. The van der Waals surface area contributed by atoms with E-state index in [4.69, 9.17) is 0 Å². The minimum absolute atomic E-state index is 0.507. The third-order valence-corrected chi connectivity index (χ3v) is 4.97. The summed E-state index contributed by atoms with van der Waals surface area (Å²) in [6, 6.07) is 25.3.